The first-order valence-corrected chi connectivity index (χ1v) is 8.04. The summed E-state index contributed by atoms with van der Waals surface area (Å²) in [5.41, 5.74) is 7.90. The Labute approximate surface area is 124 Å². The van der Waals surface area contributed by atoms with Gasteiger partial charge >= 0.3 is 0 Å². The van der Waals surface area contributed by atoms with Gasteiger partial charge in [0.1, 0.15) is 0 Å². The van der Waals surface area contributed by atoms with Gasteiger partial charge in [0.25, 0.3) is 5.91 Å². The minimum Gasteiger partial charge on any atom is -0.349 e. The van der Waals surface area contributed by atoms with Crippen molar-refractivity contribution < 1.29 is 4.79 Å². The van der Waals surface area contributed by atoms with E-state index in [1.54, 1.807) is 0 Å². The molecule has 2 rings (SSSR count). The first kappa shape index (κ1) is 15.0. The van der Waals surface area contributed by atoms with Crippen molar-refractivity contribution >= 4 is 17.7 Å². The van der Waals surface area contributed by atoms with Crippen LogP contribution in [-0.4, -0.2) is 30.0 Å². The number of rotatable bonds is 2. The summed E-state index contributed by atoms with van der Waals surface area (Å²) in [6, 6.07) is 6.02. The van der Waals surface area contributed by atoms with Crippen LogP contribution in [0, 0.1) is 18.8 Å². The average Bonchev–Trinajstić information content (AvgIpc) is 2.47. The topological polar surface area (TPSA) is 55.1 Å². The molecule has 1 heterocycles. The van der Waals surface area contributed by atoms with Crippen molar-refractivity contribution in [3.63, 3.8) is 0 Å². The molecule has 0 saturated carbocycles. The Morgan fingerprint density at radius 2 is 2.20 bits per heavy atom. The van der Waals surface area contributed by atoms with E-state index in [1.807, 2.05) is 36.9 Å². The quantitative estimate of drug-likeness (QED) is 0.818. The van der Waals surface area contributed by atoms with Gasteiger partial charge in [0.05, 0.1) is 6.54 Å². The highest BCUT2D eigenvalue weighted by atomic mass is 32.2. The molecule has 4 heteroatoms. The SMILES string of the molecule is Cc1ccc(C#CCN)cc1C(=O)NC1CCSCC1. The average molecular weight is 288 g/mol. The van der Waals surface area contributed by atoms with Crippen LogP contribution in [-0.2, 0) is 0 Å². The monoisotopic (exact) mass is 288 g/mol. The maximum atomic E-state index is 12.4. The summed E-state index contributed by atoms with van der Waals surface area (Å²) in [6.45, 7) is 2.28. The van der Waals surface area contributed by atoms with Crippen molar-refractivity contribution in [1.82, 2.24) is 5.32 Å². The first-order valence-electron chi connectivity index (χ1n) is 6.89. The number of carbonyl (C=O) groups is 1. The molecule has 0 radical (unpaired) electrons. The van der Waals surface area contributed by atoms with Crippen LogP contribution >= 0.6 is 11.8 Å². The van der Waals surface area contributed by atoms with E-state index in [-0.39, 0.29) is 5.91 Å². The van der Waals surface area contributed by atoms with Gasteiger partial charge in [0, 0.05) is 17.2 Å². The Morgan fingerprint density at radius 1 is 1.45 bits per heavy atom. The number of aryl methyl sites for hydroxylation is 1. The Balaban J connectivity index is 2.11. The van der Waals surface area contributed by atoms with E-state index in [0.29, 0.717) is 18.2 Å². The van der Waals surface area contributed by atoms with Crippen LogP contribution in [0.2, 0.25) is 0 Å². The molecule has 3 nitrogen and oxygen atoms in total. The molecule has 106 valence electrons. The van der Waals surface area contributed by atoms with Crippen molar-refractivity contribution in [1.29, 1.82) is 0 Å². The van der Waals surface area contributed by atoms with Crippen molar-refractivity contribution in [2.75, 3.05) is 18.1 Å². The highest BCUT2D eigenvalue weighted by Crippen LogP contribution is 2.18. The smallest absolute Gasteiger partial charge is 0.251 e. The number of nitrogens with one attached hydrogen (secondary N) is 1. The Hall–Kier alpha value is -1.44. The van der Waals surface area contributed by atoms with Crippen LogP contribution in [0.15, 0.2) is 18.2 Å². The molecule has 1 aromatic carbocycles. The molecule has 0 atom stereocenters. The second kappa shape index (κ2) is 7.37. The summed E-state index contributed by atoms with van der Waals surface area (Å²) < 4.78 is 0. The van der Waals surface area contributed by atoms with Crippen molar-refractivity contribution in [3.8, 4) is 11.8 Å². The van der Waals surface area contributed by atoms with Gasteiger partial charge in [-0.3, -0.25) is 4.79 Å². The summed E-state index contributed by atoms with van der Waals surface area (Å²) in [4.78, 5) is 12.4. The van der Waals surface area contributed by atoms with Gasteiger partial charge in [-0.25, -0.2) is 0 Å². The maximum absolute atomic E-state index is 12.4. The third kappa shape index (κ3) is 4.03. The van der Waals surface area contributed by atoms with E-state index in [9.17, 15) is 4.79 Å². The third-order valence-corrected chi connectivity index (χ3v) is 4.42. The Bertz CT molecular complexity index is 539. The number of thioether (sulfide) groups is 1. The summed E-state index contributed by atoms with van der Waals surface area (Å²) in [5, 5.41) is 3.13. The molecular formula is C16H20N2OS. The summed E-state index contributed by atoms with van der Waals surface area (Å²) in [7, 11) is 0. The zero-order valence-corrected chi connectivity index (χ0v) is 12.6. The fourth-order valence-corrected chi connectivity index (χ4v) is 3.31. The molecule has 1 fully saturated rings. The fraction of sp³-hybridized carbons (Fsp3) is 0.438. The lowest BCUT2D eigenvalue weighted by Crippen LogP contribution is -2.37. The van der Waals surface area contributed by atoms with Crippen LogP contribution in [0.25, 0.3) is 0 Å². The summed E-state index contributed by atoms with van der Waals surface area (Å²) in [6.07, 6.45) is 2.12. The lowest BCUT2D eigenvalue weighted by molar-refractivity contribution is 0.0934. The van der Waals surface area contributed by atoms with E-state index in [4.69, 9.17) is 5.73 Å². The number of carbonyl (C=O) groups excluding carboxylic acids is 1. The molecule has 1 saturated heterocycles. The first-order chi connectivity index (χ1) is 9.70. The number of amides is 1. The van der Waals surface area contributed by atoms with Gasteiger partial charge in [-0.1, -0.05) is 17.9 Å². The number of nitrogens with two attached hydrogens (primary N) is 1. The number of hydrogen-bond donors (Lipinski definition) is 2. The molecule has 0 aliphatic carbocycles. The van der Waals surface area contributed by atoms with Crippen LogP contribution in [0.3, 0.4) is 0 Å². The van der Waals surface area contributed by atoms with Crippen molar-refractivity contribution in [2.24, 2.45) is 5.73 Å². The van der Waals surface area contributed by atoms with Gasteiger partial charge in [-0.15, -0.1) is 0 Å². The van der Waals surface area contributed by atoms with Gasteiger partial charge in [0.2, 0.25) is 0 Å². The van der Waals surface area contributed by atoms with Crippen LogP contribution in [0.4, 0.5) is 0 Å². The Kier molecular flexibility index (Phi) is 5.51. The van der Waals surface area contributed by atoms with Crippen molar-refractivity contribution in [3.05, 3.63) is 34.9 Å². The van der Waals surface area contributed by atoms with Gasteiger partial charge in [-0.2, -0.15) is 11.8 Å². The molecule has 1 aliphatic rings. The fourth-order valence-electron chi connectivity index (χ4n) is 2.20. The minimum atomic E-state index is 0.01000. The summed E-state index contributed by atoms with van der Waals surface area (Å²) >= 11 is 1.95. The largest absolute Gasteiger partial charge is 0.349 e. The van der Waals surface area contributed by atoms with Crippen LogP contribution < -0.4 is 11.1 Å². The normalized spacial score (nSPS) is 15.3. The van der Waals surface area contributed by atoms with E-state index in [0.717, 1.165) is 35.5 Å². The predicted octanol–water partition coefficient (Wildman–Crippen LogP) is 1.93. The molecule has 3 N–H and O–H groups in total. The lowest BCUT2D eigenvalue weighted by Gasteiger charge is -2.23. The second-order valence-electron chi connectivity index (χ2n) is 4.90. The lowest BCUT2D eigenvalue weighted by atomic mass is 10.0. The third-order valence-electron chi connectivity index (χ3n) is 3.37. The molecule has 1 aliphatic heterocycles. The molecular weight excluding hydrogens is 268 g/mol. The van der Waals surface area contributed by atoms with Gasteiger partial charge in [0.15, 0.2) is 0 Å². The molecule has 1 amide bonds. The van der Waals surface area contributed by atoms with E-state index in [1.165, 1.54) is 0 Å². The minimum absolute atomic E-state index is 0.01000. The highest BCUT2D eigenvalue weighted by Gasteiger charge is 2.18. The summed E-state index contributed by atoms with van der Waals surface area (Å²) in [5.74, 6) is 8.06. The maximum Gasteiger partial charge on any atom is 0.251 e. The predicted molar refractivity (Wildman–Crippen MR) is 84.9 cm³/mol. The highest BCUT2D eigenvalue weighted by molar-refractivity contribution is 7.99. The zero-order chi connectivity index (χ0) is 14.4. The van der Waals surface area contributed by atoms with Crippen LogP contribution in [0.1, 0.15) is 34.3 Å². The van der Waals surface area contributed by atoms with Crippen molar-refractivity contribution in [2.45, 2.75) is 25.8 Å². The molecule has 1 aromatic rings. The number of benzene rings is 1. The molecule has 0 spiro atoms. The van der Waals surface area contributed by atoms with Gasteiger partial charge in [-0.05, 0) is 49.0 Å². The zero-order valence-electron chi connectivity index (χ0n) is 11.7. The molecule has 0 unspecified atom stereocenters. The molecule has 0 aromatic heterocycles. The molecule has 0 bridgehead atoms. The standard InChI is InChI=1S/C16H20N2OS/c1-12-4-5-13(3-2-8-17)11-15(12)16(19)18-14-6-9-20-10-7-14/h4-5,11,14H,6-10,17H2,1H3,(H,18,19). The molecule has 20 heavy (non-hydrogen) atoms. The van der Waals surface area contributed by atoms with E-state index in [2.05, 4.69) is 17.2 Å². The van der Waals surface area contributed by atoms with Gasteiger partial charge < -0.3 is 11.1 Å². The van der Waals surface area contributed by atoms with E-state index < -0.39 is 0 Å². The number of hydrogen-bond acceptors (Lipinski definition) is 3. The Morgan fingerprint density at radius 3 is 2.90 bits per heavy atom. The van der Waals surface area contributed by atoms with E-state index >= 15 is 0 Å². The van der Waals surface area contributed by atoms with Crippen LogP contribution in [0.5, 0.6) is 0 Å². The second-order valence-corrected chi connectivity index (χ2v) is 6.12.